The van der Waals surface area contributed by atoms with Gasteiger partial charge in [-0.1, -0.05) is 0 Å². The highest BCUT2D eigenvalue weighted by Gasteiger charge is 2.25. The van der Waals surface area contributed by atoms with E-state index in [1.165, 1.54) is 13.8 Å². The van der Waals surface area contributed by atoms with Crippen molar-refractivity contribution in [2.24, 2.45) is 0 Å². The molecule has 0 amide bonds. The maximum absolute atomic E-state index is 11.6. The Morgan fingerprint density at radius 3 is 1.53 bits per heavy atom. The van der Waals surface area contributed by atoms with E-state index in [1.54, 1.807) is 13.8 Å². The summed E-state index contributed by atoms with van der Waals surface area (Å²) in [5.74, 6) is -1.40. The van der Waals surface area contributed by atoms with E-state index in [0.29, 0.717) is 0 Å². The number of rotatable bonds is 8. The normalized spacial score (nSPS) is 14.5. The van der Waals surface area contributed by atoms with Gasteiger partial charge >= 0.3 is 11.9 Å². The summed E-state index contributed by atoms with van der Waals surface area (Å²) < 4.78 is 36.7. The molecule has 0 aromatic rings. The first-order valence-corrected chi connectivity index (χ1v) is 7.34. The molecule has 19 heavy (non-hydrogen) atoms. The third-order valence-electron chi connectivity index (χ3n) is 1.94. The fourth-order valence-corrected chi connectivity index (χ4v) is 2.32. The van der Waals surface area contributed by atoms with Crippen LogP contribution in [0.5, 0.6) is 0 Å². The molecule has 0 bridgehead atoms. The van der Waals surface area contributed by atoms with E-state index >= 15 is 0 Å². The quantitative estimate of drug-likeness (QED) is 0.574. The minimum absolute atomic E-state index is 0.150. The molecule has 112 valence electrons. The van der Waals surface area contributed by atoms with Crippen molar-refractivity contribution in [2.75, 3.05) is 13.2 Å². The lowest BCUT2D eigenvalue weighted by atomic mass is 10.4. The van der Waals surface area contributed by atoms with Gasteiger partial charge in [-0.15, -0.1) is 0 Å². The molecule has 0 spiro atoms. The van der Waals surface area contributed by atoms with Crippen LogP contribution in [0.1, 0.15) is 27.7 Å². The summed E-state index contributed by atoms with van der Waals surface area (Å²) in [6.07, 6.45) is 0. The number of ether oxygens (including phenoxy) is 2. The van der Waals surface area contributed by atoms with Gasteiger partial charge in [0.25, 0.3) is 10.2 Å². The molecular formula is C10H20N2O6S. The first-order chi connectivity index (χ1) is 8.73. The number of carbonyl (C=O) groups excluding carboxylic acids is 2. The van der Waals surface area contributed by atoms with Gasteiger partial charge in [0.05, 0.1) is 13.2 Å². The molecule has 0 aromatic carbocycles. The Morgan fingerprint density at radius 2 is 1.26 bits per heavy atom. The molecule has 0 aromatic heterocycles. The van der Waals surface area contributed by atoms with Crippen molar-refractivity contribution in [3.63, 3.8) is 0 Å². The molecule has 2 N–H and O–H groups in total. The van der Waals surface area contributed by atoms with Crippen LogP contribution in [-0.4, -0.2) is 45.7 Å². The molecule has 2 atom stereocenters. The van der Waals surface area contributed by atoms with Crippen LogP contribution in [-0.2, 0) is 29.3 Å². The molecule has 0 fully saturated rings. The van der Waals surface area contributed by atoms with E-state index in [4.69, 9.17) is 0 Å². The monoisotopic (exact) mass is 296 g/mol. The molecule has 0 saturated carbocycles. The average Bonchev–Trinajstić information content (AvgIpc) is 2.28. The van der Waals surface area contributed by atoms with E-state index in [2.05, 4.69) is 9.47 Å². The summed E-state index contributed by atoms with van der Waals surface area (Å²) in [6.45, 7) is 6.20. The van der Waals surface area contributed by atoms with Gasteiger partial charge in [0.15, 0.2) is 0 Å². The van der Waals surface area contributed by atoms with Crippen LogP contribution in [0.2, 0.25) is 0 Å². The summed E-state index contributed by atoms with van der Waals surface area (Å²) >= 11 is 0. The van der Waals surface area contributed by atoms with E-state index in [9.17, 15) is 18.0 Å². The van der Waals surface area contributed by atoms with Crippen LogP contribution in [0.3, 0.4) is 0 Å². The minimum atomic E-state index is -4.01. The largest absolute Gasteiger partial charge is 0.465 e. The summed E-state index contributed by atoms with van der Waals surface area (Å²) in [7, 11) is -4.01. The molecule has 0 saturated heterocycles. The van der Waals surface area contributed by atoms with Crippen molar-refractivity contribution in [2.45, 2.75) is 39.8 Å². The predicted molar refractivity (Wildman–Crippen MR) is 67.4 cm³/mol. The van der Waals surface area contributed by atoms with Gasteiger partial charge in [-0.3, -0.25) is 9.59 Å². The van der Waals surface area contributed by atoms with E-state index < -0.39 is 34.2 Å². The SMILES string of the molecule is CCOC(=O)[C@H](C)NS(=O)(=O)N[C@@H](C)C(=O)OCC. The number of hydrogen-bond donors (Lipinski definition) is 2. The van der Waals surface area contributed by atoms with E-state index in [0.717, 1.165) is 0 Å². The van der Waals surface area contributed by atoms with Crippen molar-refractivity contribution < 1.29 is 27.5 Å². The maximum Gasteiger partial charge on any atom is 0.323 e. The zero-order valence-corrected chi connectivity index (χ0v) is 12.2. The van der Waals surface area contributed by atoms with Crippen LogP contribution in [0, 0.1) is 0 Å². The Bertz CT molecular complexity index is 376. The second-order valence-corrected chi connectivity index (χ2v) is 5.16. The molecule has 0 radical (unpaired) electrons. The lowest BCUT2D eigenvalue weighted by Gasteiger charge is -2.16. The molecule has 0 rings (SSSR count). The van der Waals surface area contributed by atoms with Gasteiger partial charge in [-0.25, -0.2) is 0 Å². The van der Waals surface area contributed by atoms with Gasteiger partial charge in [-0.05, 0) is 27.7 Å². The standard InChI is InChI=1S/C10H20N2O6S/c1-5-17-9(13)7(3)11-19(15,16)12-8(4)10(14)18-6-2/h7-8,11-12H,5-6H2,1-4H3/t7-,8-/m0/s1. The van der Waals surface area contributed by atoms with Crippen molar-refractivity contribution in [3.05, 3.63) is 0 Å². The highest BCUT2D eigenvalue weighted by molar-refractivity contribution is 7.87. The summed E-state index contributed by atoms with van der Waals surface area (Å²) in [6, 6.07) is -2.10. The summed E-state index contributed by atoms with van der Waals surface area (Å²) in [5, 5.41) is 0. The van der Waals surface area contributed by atoms with Crippen molar-refractivity contribution in [1.82, 2.24) is 9.44 Å². The first-order valence-electron chi connectivity index (χ1n) is 5.86. The Morgan fingerprint density at radius 1 is 0.947 bits per heavy atom. The first kappa shape index (κ1) is 17.8. The van der Waals surface area contributed by atoms with Crippen molar-refractivity contribution in [1.29, 1.82) is 0 Å². The van der Waals surface area contributed by atoms with Gasteiger partial charge < -0.3 is 9.47 Å². The molecule has 0 aliphatic heterocycles. The second-order valence-electron chi connectivity index (χ2n) is 3.69. The predicted octanol–water partition coefficient (Wildman–Crippen LogP) is -0.686. The van der Waals surface area contributed by atoms with Gasteiger partial charge in [-0.2, -0.15) is 17.9 Å². The Balaban J connectivity index is 4.47. The van der Waals surface area contributed by atoms with Crippen LogP contribution < -0.4 is 9.44 Å². The Kier molecular flexibility index (Phi) is 7.57. The molecular weight excluding hydrogens is 276 g/mol. The van der Waals surface area contributed by atoms with Crippen LogP contribution >= 0.6 is 0 Å². The smallest absolute Gasteiger partial charge is 0.323 e. The third kappa shape index (κ3) is 7.09. The Hall–Kier alpha value is -1.19. The number of carbonyl (C=O) groups is 2. The third-order valence-corrected chi connectivity index (χ3v) is 3.27. The average molecular weight is 296 g/mol. The molecule has 8 nitrogen and oxygen atoms in total. The van der Waals surface area contributed by atoms with E-state index in [-0.39, 0.29) is 13.2 Å². The topological polar surface area (TPSA) is 111 Å². The van der Waals surface area contributed by atoms with Crippen LogP contribution in [0.25, 0.3) is 0 Å². The molecule has 0 unspecified atom stereocenters. The molecule has 9 heteroatoms. The second kappa shape index (κ2) is 8.08. The van der Waals surface area contributed by atoms with Crippen molar-refractivity contribution in [3.8, 4) is 0 Å². The maximum atomic E-state index is 11.6. The molecule has 0 aliphatic rings. The van der Waals surface area contributed by atoms with Gasteiger partial charge in [0.1, 0.15) is 12.1 Å². The van der Waals surface area contributed by atoms with Crippen LogP contribution in [0.15, 0.2) is 0 Å². The fourth-order valence-electron chi connectivity index (χ4n) is 1.13. The lowest BCUT2D eigenvalue weighted by Crippen LogP contribution is -2.50. The van der Waals surface area contributed by atoms with Gasteiger partial charge in [0.2, 0.25) is 0 Å². The lowest BCUT2D eigenvalue weighted by molar-refractivity contribution is -0.145. The fraction of sp³-hybridized carbons (Fsp3) is 0.800. The summed E-state index contributed by atoms with van der Waals surface area (Å²) in [4.78, 5) is 22.5. The zero-order valence-electron chi connectivity index (χ0n) is 11.4. The van der Waals surface area contributed by atoms with Crippen LogP contribution in [0.4, 0.5) is 0 Å². The molecule has 0 aliphatic carbocycles. The van der Waals surface area contributed by atoms with Crippen molar-refractivity contribution >= 4 is 22.1 Å². The number of hydrogen-bond acceptors (Lipinski definition) is 6. The minimum Gasteiger partial charge on any atom is -0.465 e. The van der Waals surface area contributed by atoms with Gasteiger partial charge in [0, 0.05) is 0 Å². The number of nitrogens with one attached hydrogen (secondary N) is 2. The molecule has 0 heterocycles. The van der Waals surface area contributed by atoms with E-state index in [1.807, 2.05) is 9.44 Å². The highest BCUT2D eigenvalue weighted by Crippen LogP contribution is 1.94. The number of esters is 2. The zero-order chi connectivity index (χ0) is 15.1. The summed E-state index contributed by atoms with van der Waals surface area (Å²) in [5.41, 5.74) is 0. The Labute approximate surface area is 113 Å². The highest BCUT2D eigenvalue weighted by atomic mass is 32.2.